The van der Waals surface area contributed by atoms with E-state index >= 15 is 0 Å². The zero-order valence-electron chi connectivity index (χ0n) is 16.6. The van der Waals surface area contributed by atoms with Crippen LogP contribution < -0.4 is 10.2 Å². The van der Waals surface area contributed by atoms with Crippen LogP contribution in [0.4, 0.5) is 5.69 Å². The van der Waals surface area contributed by atoms with Crippen molar-refractivity contribution in [2.75, 3.05) is 25.2 Å². The summed E-state index contributed by atoms with van der Waals surface area (Å²) in [6.45, 7) is 4.40. The van der Waals surface area contributed by atoms with Crippen molar-refractivity contribution in [3.8, 4) is 0 Å². The minimum absolute atomic E-state index is 0.175. The van der Waals surface area contributed by atoms with Gasteiger partial charge < -0.3 is 14.8 Å². The molecule has 0 spiro atoms. The van der Waals surface area contributed by atoms with Crippen LogP contribution in [0.2, 0.25) is 5.02 Å². The maximum Gasteiger partial charge on any atom is 0.338 e. The maximum absolute atomic E-state index is 13.0. The fourth-order valence-corrected chi connectivity index (χ4v) is 3.77. The van der Waals surface area contributed by atoms with E-state index in [1.807, 2.05) is 55.1 Å². The Hall–Kier alpha value is -2.41. The summed E-state index contributed by atoms with van der Waals surface area (Å²) in [5.41, 5.74) is 4.08. The average molecular weight is 431 g/mol. The van der Waals surface area contributed by atoms with Crippen molar-refractivity contribution in [1.29, 1.82) is 0 Å². The van der Waals surface area contributed by atoms with Crippen molar-refractivity contribution in [3.63, 3.8) is 0 Å². The van der Waals surface area contributed by atoms with E-state index in [2.05, 4.69) is 5.32 Å². The summed E-state index contributed by atoms with van der Waals surface area (Å²) in [4.78, 5) is 14.9. The van der Waals surface area contributed by atoms with Crippen LogP contribution in [0, 0.1) is 6.92 Å². The smallest absolute Gasteiger partial charge is 0.338 e. The van der Waals surface area contributed by atoms with Crippen LogP contribution in [-0.2, 0) is 14.3 Å². The molecule has 2 aromatic rings. The fourth-order valence-electron chi connectivity index (χ4n) is 3.29. The van der Waals surface area contributed by atoms with Crippen molar-refractivity contribution in [3.05, 3.63) is 76.0 Å². The molecule has 1 atom stereocenters. The van der Waals surface area contributed by atoms with E-state index in [4.69, 9.17) is 33.3 Å². The van der Waals surface area contributed by atoms with Crippen LogP contribution in [0.25, 0.3) is 0 Å². The molecular weight excluding hydrogens is 408 g/mol. The predicted molar refractivity (Wildman–Crippen MR) is 119 cm³/mol. The van der Waals surface area contributed by atoms with Gasteiger partial charge in [-0.1, -0.05) is 35.9 Å². The number of aryl methyl sites for hydroxylation is 1. The molecule has 1 aliphatic heterocycles. The van der Waals surface area contributed by atoms with Gasteiger partial charge in [0.25, 0.3) is 0 Å². The summed E-state index contributed by atoms with van der Waals surface area (Å²) >= 11 is 11.7. The number of hydrogen-bond acceptors (Lipinski definition) is 4. The highest BCUT2D eigenvalue weighted by molar-refractivity contribution is 7.80. The molecule has 0 fully saturated rings. The minimum Gasteiger partial charge on any atom is -0.460 e. The molecule has 1 heterocycles. The number of halogens is 1. The topological polar surface area (TPSA) is 50.8 Å². The lowest BCUT2D eigenvalue weighted by Crippen LogP contribution is -2.48. The Balaban J connectivity index is 2.06. The second-order valence-corrected chi connectivity index (χ2v) is 7.56. The van der Waals surface area contributed by atoms with Crippen molar-refractivity contribution in [1.82, 2.24) is 5.32 Å². The van der Waals surface area contributed by atoms with Gasteiger partial charge in [-0.25, -0.2) is 4.79 Å². The lowest BCUT2D eigenvalue weighted by Gasteiger charge is -2.37. The molecule has 5 nitrogen and oxygen atoms in total. The molecule has 1 aliphatic rings. The molecule has 1 unspecified atom stereocenters. The first-order valence-corrected chi connectivity index (χ1v) is 10.0. The Labute approximate surface area is 181 Å². The Kier molecular flexibility index (Phi) is 6.90. The van der Waals surface area contributed by atoms with Crippen LogP contribution in [0.5, 0.6) is 0 Å². The maximum atomic E-state index is 13.0. The normalized spacial score (nSPS) is 16.6. The van der Waals surface area contributed by atoms with Gasteiger partial charge in [-0.2, -0.15) is 0 Å². The number of hydrogen-bond donors (Lipinski definition) is 1. The molecule has 3 rings (SSSR count). The van der Waals surface area contributed by atoms with E-state index in [0.29, 0.717) is 22.3 Å². The number of rotatable bonds is 6. The third kappa shape index (κ3) is 4.78. The summed E-state index contributed by atoms with van der Waals surface area (Å²) in [6, 6.07) is 14.9. The molecule has 2 aromatic carbocycles. The van der Waals surface area contributed by atoms with Crippen molar-refractivity contribution >= 4 is 40.6 Å². The number of esters is 1. The SMILES string of the molecule is COCCOC(=O)C1=C(C)N(c2cccc(C)c2)C(=S)NC1c1ccc(Cl)cc1. The molecule has 0 aromatic heterocycles. The van der Waals surface area contributed by atoms with Gasteiger partial charge in [-0.15, -0.1) is 0 Å². The van der Waals surface area contributed by atoms with E-state index in [-0.39, 0.29) is 6.61 Å². The number of nitrogens with zero attached hydrogens (tertiary/aromatic N) is 1. The van der Waals surface area contributed by atoms with Crippen LogP contribution in [0.3, 0.4) is 0 Å². The van der Waals surface area contributed by atoms with E-state index in [9.17, 15) is 4.79 Å². The molecule has 152 valence electrons. The van der Waals surface area contributed by atoms with Gasteiger partial charge in [0.15, 0.2) is 5.11 Å². The zero-order valence-corrected chi connectivity index (χ0v) is 18.1. The van der Waals surface area contributed by atoms with Gasteiger partial charge in [0.2, 0.25) is 0 Å². The molecule has 7 heteroatoms. The van der Waals surface area contributed by atoms with E-state index in [0.717, 1.165) is 22.5 Å². The number of thiocarbonyl (C=S) groups is 1. The Morgan fingerprint density at radius 1 is 1.17 bits per heavy atom. The number of carbonyl (C=O) groups is 1. The largest absolute Gasteiger partial charge is 0.460 e. The van der Waals surface area contributed by atoms with Gasteiger partial charge in [-0.05, 0) is 61.5 Å². The van der Waals surface area contributed by atoms with Crippen LogP contribution in [0.1, 0.15) is 24.1 Å². The van der Waals surface area contributed by atoms with Crippen LogP contribution in [-0.4, -0.2) is 31.4 Å². The quantitative estimate of drug-likeness (QED) is 0.412. The summed E-state index contributed by atoms with van der Waals surface area (Å²) in [5, 5.41) is 4.44. The average Bonchev–Trinajstić information content (AvgIpc) is 2.68. The van der Waals surface area contributed by atoms with Gasteiger partial charge >= 0.3 is 5.97 Å². The second-order valence-electron chi connectivity index (χ2n) is 6.74. The third-order valence-corrected chi connectivity index (χ3v) is 5.24. The number of anilines is 1. The monoisotopic (exact) mass is 430 g/mol. The number of carbonyl (C=O) groups excluding carboxylic acids is 1. The van der Waals surface area contributed by atoms with E-state index in [1.54, 1.807) is 19.2 Å². The number of ether oxygens (including phenoxy) is 2. The first-order valence-electron chi connectivity index (χ1n) is 9.22. The van der Waals surface area contributed by atoms with Gasteiger partial charge in [0.05, 0.1) is 18.2 Å². The fraction of sp³-hybridized carbons (Fsp3) is 0.273. The lowest BCUT2D eigenvalue weighted by atomic mass is 9.94. The number of methoxy groups -OCH3 is 1. The van der Waals surface area contributed by atoms with Crippen molar-refractivity contribution in [2.24, 2.45) is 0 Å². The first kappa shape index (κ1) is 21.3. The summed E-state index contributed by atoms with van der Waals surface area (Å²) < 4.78 is 10.5. The van der Waals surface area contributed by atoms with E-state index < -0.39 is 12.0 Å². The number of benzene rings is 2. The number of allylic oxidation sites excluding steroid dienone is 1. The third-order valence-electron chi connectivity index (χ3n) is 4.69. The molecular formula is C22H23ClN2O3S. The summed E-state index contributed by atoms with van der Waals surface area (Å²) in [6.07, 6.45) is 0. The summed E-state index contributed by atoms with van der Waals surface area (Å²) in [5.74, 6) is -0.410. The Morgan fingerprint density at radius 2 is 1.90 bits per heavy atom. The molecule has 0 saturated carbocycles. The second kappa shape index (κ2) is 9.39. The van der Waals surface area contributed by atoms with Gasteiger partial charge in [0, 0.05) is 23.5 Å². The van der Waals surface area contributed by atoms with Crippen LogP contribution >= 0.6 is 23.8 Å². The molecule has 1 N–H and O–H groups in total. The highest BCUT2D eigenvalue weighted by atomic mass is 35.5. The van der Waals surface area contributed by atoms with Gasteiger partial charge in [0.1, 0.15) is 6.61 Å². The first-order chi connectivity index (χ1) is 13.9. The van der Waals surface area contributed by atoms with Crippen molar-refractivity contribution in [2.45, 2.75) is 19.9 Å². The van der Waals surface area contributed by atoms with Crippen LogP contribution in [0.15, 0.2) is 59.8 Å². The summed E-state index contributed by atoms with van der Waals surface area (Å²) in [7, 11) is 1.56. The Morgan fingerprint density at radius 3 is 2.55 bits per heavy atom. The Bertz CT molecular complexity index is 943. The van der Waals surface area contributed by atoms with Crippen molar-refractivity contribution < 1.29 is 14.3 Å². The standard InChI is InChI=1S/C22H23ClN2O3S/c1-14-5-4-6-18(13-14)25-15(2)19(21(26)28-12-11-27-3)20(24-22(25)29)16-7-9-17(23)10-8-16/h4-10,13,20H,11-12H2,1-3H3,(H,24,29). The molecule has 0 bridgehead atoms. The molecule has 0 radical (unpaired) electrons. The molecule has 29 heavy (non-hydrogen) atoms. The molecule has 0 saturated heterocycles. The predicted octanol–water partition coefficient (Wildman–Crippen LogP) is 4.55. The minimum atomic E-state index is -0.434. The van der Waals surface area contributed by atoms with E-state index in [1.165, 1.54) is 0 Å². The highest BCUT2D eigenvalue weighted by Crippen LogP contribution is 2.34. The zero-order chi connectivity index (χ0) is 21.0. The number of nitrogens with one attached hydrogen (secondary N) is 1. The highest BCUT2D eigenvalue weighted by Gasteiger charge is 2.35. The van der Waals surface area contributed by atoms with Gasteiger partial charge in [-0.3, -0.25) is 4.90 Å². The molecule has 0 aliphatic carbocycles. The molecule has 0 amide bonds. The lowest BCUT2D eigenvalue weighted by molar-refractivity contribution is -0.140.